The lowest BCUT2D eigenvalue weighted by Gasteiger charge is -2.42. The summed E-state index contributed by atoms with van der Waals surface area (Å²) in [5.41, 5.74) is 7.28. The molecule has 4 N–H and O–H groups in total. The number of likely N-dealkylation sites (tertiary alicyclic amines) is 1. The molecular weight excluding hydrogens is 800 g/mol. The lowest BCUT2D eigenvalue weighted by atomic mass is 9.87. The molecule has 2 unspecified atom stereocenters. The van der Waals surface area contributed by atoms with Gasteiger partial charge in [-0.25, -0.2) is 9.18 Å². The second-order valence-electron chi connectivity index (χ2n) is 17.4. The number of aromatic nitrogens is 3. The quantitative estimate of drug-likeness (QED) is 0.251. The second-order valence-corrected chi connectivity index (χ2v) is 17.4. The van der Waals surface area contributed by atoms with E-state index in [9.17, 15) is 28.8 Å². The number of benzene rings is 2. The summed E-state index contributed by atoms with van der Waals surface area (Å²) < 4.78 is 16.4. The van der Waals surface area contributed by atoms with Gasteiger partial charge in [0.25, 0.3) is 17.7 Å². The number of likely N-dealkylation sites (N-methyl/N-ethyl adjacent to an activating group) is 1. The monoisotopic (exact) mass is 850 g/mol. The van der Waals surface area contributed by atoms with Crippen molar-refractivity contribution in [3.05, 3.63) is 64.8 Å². The standard InChI is InChI=1S/C43H51FN12O6/c1-51-21-22-55(42(51)62)30-3-2-16-54(24-30)41-48-37(35(36(45)58)49-50-41)46-28-6-4-26(5-7-28)27-12-17-52(18-13-27)25-43(44)14-19-53(20-15-43)29-8-9-31-32(23-29)40(61)56(39(31)60)33-10-11-34(57)47-38(33)59/h4-9,23,27,30,33H,2-3,10-22,24-25H2,1H3,(H2,45,58)(H,46,48,50)(H,47,57,59). The van der Waals surface area contributed by atoms with Crippen LogP contribution in [0.4, 0.5) is 32.3 Å². The maximum absolute atomic E-state index is 16.4. The summed E-state index contributed by atoms with van der Waals surface area (Å²) in [7, 11) is 1.81. The molecule has 6 aliphatic rings. The number of halogens is 1. The molecule has 1 aromatic heterocycles. The molecule has 0 aliphatic carbocycles. The molecule has 3 aromatic rings. The van der Waals surface area contributed by atoms with Crippen molar-refractivity contribution in [2.75, 3.05) is 81.1 Å². The third-order valence-corrected chi connectivity index (χ3v) is 13.5. The maximum atomic E-state index is 16.4. The van der Waals surface area contributed by atoms with E-state index in [1.807, 2.05) is 33.9 Å². The van der Waals surface area contributed by atoms with Gasteiger partial charge >= 0.3 is 6.03 Å². The van der Waals surface area contributed by atoms with Gasteiger partial charge in [0.2, 0.25) is 17.8 Å². The average Bonchev–Trinajstić information content (AvgIpc) is 3.73. The van der Waals surface area contributed by atoms with Gasteiger partial charge in [-0.15, -0.1) is 10.2 Å². The highest BCUT2D eigenvalue weighted by Gasteiger charge is 2.45. The van der Waals surface area contributed by atoms with Crippen LogP contribution in [0.5, 0.6) is 0 Å². The number of amides is 7. The van der Waals surface area contributed by atoms with Crippen molar-refractivity contribution in [2.45, 2.75) is 75.0 Å². The largest absolute Gasteiger partial charge is 0.371 e. The highest BCUT2D eigenvalue weighted by Crippen LogP contribution is 2.36. The zero-order chi connectivity index (χ0) is 43.3. The normalized spacial score (nSPS) is 23.6. The van der Waals surface area contributed by atoms with Crippen LogP contribution >= 0.6 is 0 Å². The zero-order valence-electron chi connectivity index (χ0n) is 34.7. The van der Waals surface area contributed by atoms with E-state index in [1.54, 1.807) is 23.1 Å². The van der Waals surface area contributed by atoms with Gasteiger partial charge in [0.1, 0.15) is 11.7 Å². The van der Waals surface area contributed by atoms with Crippen molar-refractivity contribution in [3.63, 3.8) is 0 Å². The first-order chi connectivity index (χ1) is 29.8. The molecule has 62 heavy (non-hydrogen) atoms. The van der Waals surface area contributed by atoms with Crippen molar-refractivity contribution < 1.29 is 33.2 Å². The number of anilines is 4. The summed E-state index contributed by atoms with van der Waals surface area (Å²) in [6.45, 7) is 5.43. The van der Waals surface area contributed by atoms with Gasteiger partial charge in [0.15, 0.2) is 11.5 Å². The average molecular weight is 851 g/mol. The minimum absolute atomic E-state index is 0.0260. The molecule has 18 nitrogen and oxygen atoms in total. The van der Waals surface area contributed by atoms with Crippen LogP contribution in [-0.2, 0) is 9.59 Å². The van der Waals surface area contributed by atoms with Gasteiger partial charge < -0.3 is 35.6 Å². The lowest BCUT2D eigenvalue weighted by Crippen LogP contribution is -2.54. The van der Waals surface area contributed by atoms with Crippen LogP contribution in [0.15, 0.2) is 42.5 Å². The smallest absolute Gasteiger partial charge is 0.320 e. The number of imide groups is 2. The number of urea groups is 1. The molecule has 0 saturated carbocycles. The van der Waals surface area contributed by atoms with Gasteiger partial charge in [0, 0.05) is 83.5 Å². The Morgan fingerprint density at radius 2 is 1.61 bits per heavy atom. The number of alkyl halides is 1. The van der Waals surface area contributed by atoms with Crippen LogP contribution < -0.4 is 26.2 Å². The molecule has 9 rings (SSSR count). The molecule has 0 radical (unpaired) electrons. The molecule has 2 atom stereocenters. The number of hydrogen-bond donors (Lipinski definition) is 3. The highest BCUT2D eigenvalue weighted by atomic mass is 19.1. The summed E-state index contributed by atoms with van der Waals surface area (Å²) in [6.07, 6.45) is 4.31. The number of nitrogens with one attached hydrogen (secondary N) is 2. The molecule has 19 heteroatoms. The third-order valence-electron chi connectivity index (χ3n) is 13.5. The lowest BCUT2D eigenvalue weighted by molar-refractivity contribution is -0.136. The van der Waals surface area contributed by atoms with E-state index in [0.29, 0.717) is 76.2 Å². The number of primary amides is 1. The number of hydrogen-bond acceptors (Lipinski definition) is 13. The van der Waals surface area contributed by atoms with Crippen molar-refractivity contribution in [1.82, 2.24) is 40.1 Å². The minimum Gasteiger partial charge on any atom is -0.371 e. The van der Waals surface area contributed by atoms with Gasteiger partial charge in [-0.3, -0.25) is 34.2 Å². The zero-order valence-corrected chi connectivity index (χ0v) is 34.7. The second kappa shape index (κ2) is 16.6. The number of fused-ring (bicyclic) bond motifs is 1. The topological polar surface area (TPSA) is 211 Å². The van der Waals surface area contributed by atoms with Crippen LogP contribution in [-0.4, -0.2) is 154 Å². The number of carbonyl (C=O) groups excluding carboxylic acids is 6. The fourth-order valence-electron chi connectivity index (χ4n) is 9.88. The Kier molecular flexibility index (Phi) is 11.0. The predicted molar refractivity (Wildman–Crippen MR) is 225 cm³/mol. The van der Waals surface area contributed by atoms with Crippen molar-refractivity contribution in [2.24, 2.45) is 5.73 Å². The highest BCUT2D eigenvalue weighted by molar-refractivity contribution is 6.23. The molecule has 326 valence electrons. The number of nitrogens with two attached hydrogens (primary N) is 1. The summed E-state index contributed by atoms with van der Waals surface area (Å²) >= 11 is 0. The summed E-state index contributed by atoms with van der Waals surface area (Å²) in [5.74, 6) is -2.05. The fraction of sp³-hybridized carbons (Fsp3) is 0.512. The number of nitrogens with zero attached hydrogens (tertiary/aromatic N) is 9. The van der Waals surface area contributed by atoms with Gasteiger partial charge in [-0.2, -0.15) is 4.98 Å². The Morgan fingerprint density at radius 1 is 0.871 bits per heavy atom. The molecule has 0 bridgehead atoms. The third kappa shape index (κ3) is 8.00. The number of rotatable bonds is 10. The van der Waals surface area contributed by atoms with Crippen LogP contribution in [0, 0.1) is 0 Å². The first kappa shape index (κ1) is 41.1. The molecule has 5 saturated heterocycles. The van der Waals surface area contributed by atoms with Crippen LogP contribution in [0.3, 0.4) is 0 Å². The molecule has 7 heterocycles. The Hall–Kier alpha value is -6.24. The van der Waals surface area contributed by atoms with E-state index in [-0.39, 0.29) is 47.6 Å². The van der Waals surface area contributed by atoms with E-state index >= 15 is 4.39 Å². The van der Waals surface area contributed by atoms with E-state index in [2.05, 4.69) is 42.8 Å². The Bertz CT molecular complexity index is 2300. The molecule has 0 spiro atoms. The van der Waals surface area contributed by atoms with Gasteiger partial charge in [-0.1, -0.05) is 12.1 Å². The van der Waals surface area contributed by atoms with Gasteiger partial charge in [-0.05, 0) is 87.0 Å². The molecular formula is C43H51FN12O6. The SMILES string of the molecule is CN1CCN(C2CCCN(c3nnc(C(N)=O)c(Nc4ccc(C5CCN(CC6(F)CCN(c7ccc8c(c7)C(=O)N(C7CCC(=O)NC7=O)C8=O)CC6)CC5)cc4)n3)C2)C1=O. The molecule has 7 amide bonds. The Balaban J connectivity index is 0.767. The van der Waals surface area contributed by atoms with Crippen LogP contribution in [0.1, 0.15) is 94.1 Å². The number of carbonyl (C=O) groups is 6. The maximum Gasteiger partial charge on any atom is 0.320 e. The van der Waals surface area contributed by atoms with Crippen LogP contribution in [0.25, 0.3) is 0 Å². The van der Waals surface area contributed by atoms with E-state index < -0.39 is 41.2 Å². The summed E-state index contributed by atoms with van der Waals surface area (Å²) in [5, 5.41) is 13.8. The van der Waals surface area contributed by atoms with Crippen LogP contribution in [0.2, 0.25) is 0 Å². The number of piperidine rings is 4. The van der Waals surface area contributed by atoms with E-state index in [0.717, 1.165) is 49.4 Å². The van der Waals surface area contributed by atoms with Gasteiger partial charge in [0.05, 0.1) is 17.2 Å². The van der Waals surface area contributed by atoms with E-state index in [4.69, 9.17) is 5.73 Å². The van der Waals surface area contributed by atoms with E-state index in [1.165, 1.54) is 5.56 Å². The Morgan fingerprint density at radius 3 is 2.31 bits per heavy atom. The first-order valence-corrected chi connectivity index (χ1v) is 21.5. The minimum atomic E-state index is -1.36. The molecule has 5 fully saturated rings. The Labute approximate surface area is 357 Å². The first-order valence-electron chi connectivity index (χ1n) is 21.5. The van der Waals surface area contributed by atoms with Crippen molar-refractivity contribution in [1.29, 1.82) is 0 Å². The molecule has 6 aliphatic heterocycles. The summed E-state index contributed by atoms with van der Waals surface area (Å²) in [4.78, 5) is 91.1. The predicted octanol–water partition coefficient (Wildman–Crippen LogP) is 2.64. The summed E-state index contributed by atoms with van der Waals surface area (Å²) in [6, 6.07) is 12.0. The fourth-order valence-corrected chi connectivity index (χ4v) is 9.88. The van der Waals surface area contributed by atoms with Crippen molar-refractivity contribution in [3.8, 4) is 0 Å². The van der Waals surface area contributed by atoms with Crippen molar-refractivity contribution >= 4 is 58.7 Å². The molecule has 2 aromatic carbocycles.